The third-order valence-corrected chi connectivity index (χ3v) is 1.95. The second-order valence-corrected chi connectivity index (χ2v) is 3.29. The zero-order chi connectivity index (χ0) is 11.3. The van der Waals surface area contributed by atoms with Crippen molar-refractivity contribution in [2.24, 2.45) is 16.5 Å². The van der Waals surface area contributed by atoms with E-state index in [4.69, 9.17) is 16.2 Å². The maximum absolute atomic E-state index is 5.50. The van der Waals surface area contributed by atoms with Gasteiger partial charge in [-0.15, -0.1) is 24.0 Å². The van der Waals surface area contributed by atoms with Gasteiger partial charge in [-0.25, -0.2) is 4.99 Å². The first-order valence-corrected chi connectivity index (χ1v) is 4.91. The van der Waals surface area contributed by atoms with Gasteiger partial charge in [0.1, 0.15) is 5.75 Å². The molecule has 0 atom stereocenters. The van der Waals surface area contributed by atoms with Gasteiger partial charge < -0.3 is 16.2 Å². The number of aliphatic imine (C=N–C) groups is 1. The summed E-state index contributed by atoms with van der Waals surface area (Å²) in [5.41, 5.74) is 12.7. The van der Waals surface area contributed by atoms with E-state index < -0.39 is 0 Å². The molecule has 16 heavy (non-hydrogen) atoms. The number of hydrogen-bond acceptors (Lipinski definition) is 2. The van der Waals surface area contributed by atoms with Gasteiger partial charge in [-0.05, 0) is 25.5 Å². The molecule has 0 aliphatic rings. The van der Waals surface area contributed by atoms with Crippen molar-refractivity contribution in [1.29, 1.82) is 0 Å². The lowest BCUT2D eigenvalue weighted by Gasteiger charge is -2.09. The molecule has 0 amide bonds. The van der Waals surface area contributed by atoms with E-state index in [9.17, 15) is 0 Å². The quantitative estimate of drug-likeness (QED) is 0.500. The van der Waals surface area contributed by atoms with Crippen LogP contribution < -0.4 is 16.2 Å². The molecule has 5 heteroatoms. The highest BCUT2D eigenvalue weighted by molar-refractivity contribution is 14.0. The number of aryl methyl sites for hydroxylation is 1. The van der Waals surface area contributed by atoms with Crippen LogP contribution in [0.5, 0.6) is 5.75 Å². The smallest absolute Gasteiger partial charge is 0.186 e. The minimum absolute atomic E-state index is 0. The molecular weight excluding hydrogens is 317 g/mol. The Morgan fingerprint density at radius 2 is 2.06 bits per heavy atom. The first-order chi connectivity index (χ1) is 7.13. The number of halogens is 1. The van der Waals surface area contributed by atoms with E-state index in [2.05, 4.69) is 4.99 Å². The Hall–Kier alpha value is -0.980. The first kappa shape index (κ1) is 15.0. The minimum Gasteiger partial charge on any atom is -0.494 e. The fourth-order valence-corrected chi connectivity index (χ4v) is 1.26. The van der Waals surface area contributed by atoms with Crippen LogP contribution in [0.25, 0.3) is 0 Å². The highest BCUT2D eigenvalue weighted by Crippen LogP contribution is 2.21. The van der Waals surface area contributed by atoms with Crippen molar-refractivity contribution < 1.29 is 4.74 Å². The topological polar surface area (TPSA) is 73.6 Å². The zero-order valence-electron chi connectivity index (χ0n) is 9.56. The van der Waals surface area contributed by atoms with Gasteiger partial charge in [0.05, 0.1) is 13.2 Å². The van der Waals surface area contributed by atoms with E-state index >= 15 is 0 Å². The zero-order valence-corrected chi connectivity index (χ0v) is 11.9. The van der Waals surface area contributed by atoms with Crippen LogP contribution in [-0.4, -0.2) is 12.6 Å². The molecule has 90 valence electrons. The van der Waals surface area contributed by atoms with Gasteiger partial charge in [0.2, 0.25) is 0 Å². The van der Waals surface area contributed by atoms with Crippen molar-refractivity contribution in [2.75, 3.05) is 6.61 Å². The molecule has 1 rings (SSSR count). The van der Waals surface area contributed by atoms with Gasteiger partial charge in [-0.3, -0.25) is 0 Å². The van der Waals surface area contributed by atoms with Gasteiger partial charge in [0, 0.05) is 5.56 Å². The van der Waals surface area contributed by atoms with Crippen molar-refractivity contribution in [1.82, 2.24) is 0 Å². The average molecular weight is 335 g/mol. The SMILES string of the molecule is CCOc1cc(C)ccc1CN=C(N)N.I. The third kappa shape index (κ3) is 4.69. The van der Waals surface area contributed by atoms with Crippen LogP contribution in [0.4, 0.5) is 0 Å². The van der Waals surface area contributed by atoms with Gasteiger partial charge in [0.25, 0.3) is 0 Å². The Bertz CT molecular complexity index is 362. The summed E-state index contributed by atoms with van der Waals surface area (Å²) < 4.78 is 5.50. The predicted molar refractivity (Wildman–Crippen MR) is 77.3 cm³/mol. The van der Waals surface area contributed by atoms with Crippen LogP contribution in [0.15, 0.2) is 23.2 Å². The molecule has 1 aromatic carbocycles. The van der Waals surface area contributed by atoms with Gasteiger partial charge in [-0.2, -0.15) is 0 Å². The van der Waals surface area contributed by atoms with E-state index in [0.717, 1.165) is 16.9 Å². The third-order valence-electron chi connectivity index (χ3n) is 1.95. The number of hydrogen-bond donors (Lipinski definition) is 2. The van der Waals surface area contributed by atoms with Crippen LogP contribution in [0.3, 0.4) is 0 Å². The van der Waals surface area contributed by atoms with E-state index in [-0.39, 0.29) is 29.9 Å². The molecule has 4 N–H and O–H groups in total. The Morgan fingerprint density at radius 3 is 2.62 bits per heavy atom. The molecule has 0 radical (unpaired) electrons. The number of nitrogens with zero attached hydrogens (tertiary/aromatic N) is 1. The summed E-state index contributed by atoms with van der Waals surface area (Å²) in [6, 6.07) is 5.98. The van der Waals surface area contributed by atoms with E-state index in [1.54, 1.807) is 0 Å². The molecule has 0 spiro atoms. The van der Waals surface area contributed by atoms with Crippen molar-refractivity contribution in [3.63, 3.8) is 0 Å². The van der Waals surface area contributed by atoms with Crippen LogP contribution in [0, 0.1) is 6.92 Å². The highest BCUT2D eigenvalue weighted by atomic mass is 127. The second kappa shape index (κ2) is 7.32. The van der Waals surface area contributed by atoms with Crippen LogP contribution in [-0.2, 0) is 6.54 Å². The van der Waals surface area contributed by atoms with Crippen molar-refractivity contribution in [3.8, 4) is 5.75 Å². The van der Waals surface area contributed by atoms with Crippen LogP contribution in [0.2, 0.25) is 0 Å². The van der Waals surface area contributed by atoms with Gasteiger partial charge in [0.15, 0.2) is 5.96 Å². The van der Waals surface area contributed by atoms with E-state index in [1.807, 2.05) is 32.0 Å². The molecule has 0 aromatic heterocycles. The summed E-state index contributed by atoms with van der Waals surface area (Å²) in [5, 5.41) is 0. The maximum atomic E-state index is 5.50. The van der Waals surface area contributed by atoms with Gasteiger partial charge >= 0.3 is 0 Å². The maximum Gasteiger partial charge on any atom is 0.186 e. The number of benzene rings is 1. The van der Waals surface area contributed by atoms with Gasteiger partial charge in [-0.1, -0.05) is 12.1 Å². The lowest BCUT2D eigenvalue weighted by atomic mass is 10.1. The Kier molecular flexibility index (Phi) is 6.87. The molecule has 0 fully saturated rings. The standard InChI is InChI=1S/C11H17N3O.HI/c1-3-15-10-6-8(2)4-5-9(10)7-14-11(12)13;/h4-6H,3,7H2,1-2H3,(H4,12,13,14);1H. The fraction of sp³-hybridized carbons (Fsp3) is 0.364. The van der Waals surface area contributed by atoms with E-state index in [0.29, 0.717) is 13.2 Å². The lowest BCUT2D eigenvalue weighted by Crippen LogP contribution is -2.22. The summed E-state index contributed by atoms with van der Waals surface area (Å²) in [4.78, 5) is 3.96. The molecule has 0 saturated heterocycles. The summed E-state index contributed by atoms with van der Waals surface area (Å²) in [6.07, 6.45) is 0. The summed E-state index contributed by atoms with van der Waals surface area (Å²) in [7, 11) is 0. The Balaban J connectivity index is 0.00000225. The molecule has 0 aliphatic carbocycles. The number of guanidine groups is 1. The summed E-state index contributed by atoms with van der Waals surface area (Å²) in [6.45, 7) is 5.07. The van der Waals surface area contributed by atoms with Crippen LogP contribution in [0.1, 0.15) is 18.1 Å². The molecule has 0 aliphatic heterocycles. The Labute approximate surface area is 113 Å². The van der Waals surface area contributed by atoms with Crippen molar-refractivity contribution >= 4 is 29.9 Å². The number of ether oxygens (including phenoxy) is 1. The van der Waals surface area contributed by atoms with Crippen molar-refractivity contribution in [3.05, 3.63) is 29.3 Å². The normalized spacial score (nSPS) is 9.12. The number of nitrogens with two attached hydrogens (primary N) is 2. The first-order valence-electron chi connectivity index (χ1n) is 4.91. The fourth-order valence-electron chi connectivity index (χ4n) is 1.26. The van der Waals surface area contributed by atoms with Crippen LogP contribution >= 0.6 is 24.0 Å². The van der Waals surface area contributed by atoms with Crippen molar-refractivity contribution in [2.45, 2.75) is 20.4 Å². The second-order valence-electron chi connectivity index (χ2n) is 3.29. The molecule has 4 nitrogen and oxygen atoms in total. The largest absolute Gasteiger partial charge is 0.494 e. The summed E-state index contributed by atoms with van der Waals surface area (Å²) >= 11 is 0. The number of rotatable bonds is 4. The molecule has 0 saturated carbocycles. The highest BCUT2D eigenvalue weighted by Gasteiger charge is 2.02. The molecule has 0 heterocycles. The minimum atomic E-state index is 0. The molecule has 0 bridgehead atoms. The monoisotopic (exact) mass is 335 g/mol. The average Bonchev–Trinajstić information content (AvgIpc) is 2.17. The van der Waals surface area contributed by atoms with E-state index in [1.165, 1.54) is 0 Å². The summed E-state index contributed by atoms with van der Waals surface area (Å²) in [5.74, 6) is 0.945. The Morgan fingerprint density at radius 1 is 1.38 bits per heavy atom. The predicted octanol–water partition coefficient (Wildman–Crippen LogP) is 1.79. The lowest BCUT2D eigenvalue weighted by molar-refractivity contribution is 0.336. The molecule has 1 aromatic rings. The molecule has 0 unspecified atom stereocenters. The molecular formula is C11H18IN3O.